The highest BCUT2D eigenvalue weighted by atomic mass is 14.7. The van der Waals surface area contributed by atoms with E-state index in [1.54, 1.807) is 0 Å². The number of benzene rings is 1. The first-order chi connectivity index (χ1) is 11.2. The molecule has 0 N–H and O–H groups in total. The summed E-state index contributed by atoms with van der Waals surface area (Å²) in [6, 6.07) is 8.77. The SMILES string of the molecule is C/C=C(\C=N/Cc1cccc(CC)c1)CCC(CCC)CCC. The molecule has 0 amide bonds. The van der Waals surface area contributed by atoms with Crippen molar-refractivity contribution < 1.29 is 0 Å². The van der Waals surface area contributed by atoms with E-state index in [0.29, 0.717) is 0 Å². The number of aliphatic imine (C=N–C) groups is 1. The van der Waals surface area contributed by atoms with E-state index >= 15 is 0 Å². The highest BCUT2D eigenvalue weighted by Crippen LogP contribution is 2.21. The molecule has 0 aliphatic rings. The van der Waals surface area contributed by atoms with E-state index < -0.39 is 0 Å². The molecule has 1 heteroatoms. The van der Waals surface area contributed by atoms with Crippen LogP contribution in [0.15, 0.2) is 40.9 Å². The van der Waals surface area contributed by atoms with Crippen LogP contribution in [0.4, 0.5) is 0 Å². The summed E-state index contributed by atoms with van der Waals surface area (Å²) < 4.78 is 0. The highest BCUT2D eigenvalue weighted by Gasteiger charge is 2.07. The van der Waals surface area contributed by atoms with Crippen LogP contribution < -0.4 is 0 Å². The minimum atomic E-state index is 0.790. The number of allylic oxidation sites excluding steroid dienone is 2. The van der Waals surface area contributed by atoms with E-state index in [1.165, 1.54) is 55.2 Å². The fourth-order valence-corrected chi connectivity index (χ4v) is 3.12. The lowest BCUT2D eigenvalue weighted by Gasteiger charge is -2.15. The van der Waals surface area contributed by atoms with Gasteiger partial charge >= 0.3 is 0 Å². The molecule has 0 fully saturated rings. The molecule has 0 aliphatic carbocycles. The summed E-state index contributed by atoms with van der Waals surface area (Å²) in [6.07, 6.45) is 13.2. The van der Waals surface area contributed by atoms with Gasteiger partial charge in [-0.05, 0) is 48.8 Å². The molecule has 1 aromatic rings. The van der Waals surface area contributed by atoms with Gasteiger partial charge in [0.1, 0.15) is 0 Å². The highest BCUT2D eigenvalue weighted by molar-refractivity contribution is 5.78. The molecule has 0 saturated carbocycles. The molecule has 0 aromatic heterocycles. The molecule has 0 unspecified atom stereocenters. The van der Waals surface area contributed by atoms with Crippen molar-refractivity contribution in [2.75, 3.05) is 0 Å². The van der Waals surface area contributed by atoms with Crippen LogP contribution in [0.5, 0.6) is 0 Å². The van der Waals surface area contributed by atoms with Crippen LogP contribution in [-0.2, 0) is 13.0 Å². The van der Waals surface area contributed by atoms with Crippen LogP contribution in [0.1, 0.15) is 77.3 Å². The number of rotatable bonds is 11. The third-order valence-corrected chi connectivity index (χ3v) is 4.54. The molecule has 0 heterocycles. The molecule has 0 atom stereocenters. The predicted molar refractivity (Wildman–Crippen MR) is 104 cm³/mol. The van der Waals surface area contributed by atoms with Crippen LogP contribution in [0, 0.1) is 5.92 Å². The van der Waals surface area contributed by atoms with Crippen molar-refractivity contribution in [1.29, 1.82) is 0 Å². The fourth-order valence-electron chi connectivity index (χ4n) is 3.12. The molecular weight excluding hydrogens is 278 g/mol. The van der Waals surface area contributed by atoms with Crippen molar-refractivity contribution in [2.24, 2.45) is 10.9 Å². The molecule has 0 saturated heterocycles. The van der Waals surface area contributed by atoms with Crippen molar-refractivity contribution in [3.05, 3.63) is 47.0 Å². The average molecular weight is 314 g/mol. The van der Waals surface area contributed by atoms with Crippen LogP contribution >= 0.6 is 0 Å². The Bertz CT molecular complexity index is 479. The second-order valence-corrected chi connectivity index (χ2v) is 6.49. The van der Waals surface area contributed by atoms with Gasteiger partial charge in [0.25, 0.3) is 0 Å². The quantitative estimate of drug-likeness (QED) is 0.400. The number of aryl methyl sites for hydroxylation is 1. The molecular formula is C22H35N. The van der Waals surface area contributed by atoms with E-state index in [4.69, 9.17) is 0 Å². The molecule has 1 rings (SSSR count). The van der Waals surface area contributed by atoms with Crippen molar-refractivity contribution in [2.45, 2.75) is 79.2 Å². The Labute approximate surface area is 143 Å². The predicted octanol–water partition coefficient (Wildman–Crippen LogP) is 6.76. The molecule has 1 aromatic carbocycles. The first-order valence-corrected chi connectivity index (χ1v) is 9.46. The van der Waals surface area contributed by atoms with Gasteiger partial charge in [0.2, 0.25) is 0 Å². The molecule has 0 aliphatic heterocycles. The average Bonchev–Trinajstić information content (AvgIpc) is 2.58. The van der Waals surface area contributed by atoms with E-state index in [0.717, 1.165) is 18.9 Å². The molecule has 128 valence electrons. The maximum atomic E-state index is 4.66. The molecule has 23 heavy (non-hydrogen) atoms. The Morgan fingerprint density at radius 2 is 1.74 bits per heavy atom. The summed E-state index contributed by atoms with van der Waals surface area (Å²) in [5.74, 6) is 0.884. The van der Waals surface area contributed by atoms with Crippen LogP contribution in [0.25, 0.3) is 0 Å². The van der Waals surface area contributed by atoms with E-state index in [-0.39, 0.29) is 0 Å². The first kappa shape index (κ1) is 19.7. The van der Waals surface area contributed by atoms with E-state index in [1.807, 2.05) is 0 Å². The minimum absolute atomic E-state index is 0.790. The zero-order valence-corrected chi connectivity index (χ0v) is 15.6. The van der Waals surface area contributed by atoms with Crippen LogP contribution in [0.3, 0.4) is 0 Å². The maximum Gasteiger partial charge on any atom is 0.0639 e. The minimum Gasteiger partial charge on any atom is -0.288 e. The van der Waals surface area contributed by atoms with E-state index in [9.17, 15) is 0 Å². The lowest BCUT2D eigenvalue weighted by molar-refractivity contribution is 0.413. The Balaban J connectivity index is 2.48. The van der Waals surface area contributed by atoms with Crippen LogP contribution in [-0.4, -0.2) is 6.21 Å². The monoisotopic (exact) mass is 313 g/mol. The van der Waals surface area contributed by atoms with Gasteiger partial charge in [-0.15, -0.1) is 0 Å². The third-order valence-electron chi connectivity index (χ3n) is 4.54. The van der Waals surface area contributed by atoms with Crippen molar-refractivity contribution in [1.82, 2.24) is 0 Å². The van der Waals surface area contributed by atoms with Crippen molar-refractivity contribution >= 4 is 6.21 Å². The first-order valence-electron chi connectivity index (χ1n) is 9.46. The lowest BCUT2D eigenvalue weighted by Crippen LogP contribution is -2.01. The lowest BCUT2D eigenvalue weighted by atomic mass is 9.91. The summed E-state index contributed by atoms with van der Waals surface area (Å²) in [5, 5.41) is 0. The molecule has 0 spiro atoms. The molecule has 1 nitrogen and oxygen atoms in total. The van der Waals surface area contributed by atoms with Crippen molar-refractivity contribution in [3.8, 4) is 0 Å². The normalized spacial score (nSPS) is 12.5. The van der Waals surface area contributed by atoms with Gasteiger partial charge in [-0.3, -0.25) is 4.99 Å². The Morgan fingerprint density at radius 3 is 2.35 bits per heavy atom. The summed E-state index contributed by atoms with van der Waals surface area (Å²) >= 11 is 0. The number of hydrogen-bond acceptors (Lipinski definition) is 1. The van der Waals surface area contributed by atoms with Gasteiger partial charge in [0, 0.05) is 6.21 Å². The topological polar surface area (TPSA) is 12.4 Å². The van der Waals surface area contributed by atoms with Gasteiger partial charge in [0.05, 0.1) is 6.54 Å². The van der Waals surface area contributed by atoms with Gasteiger partial charge in [-0.25, -0.2) is 0 Å². The summed E-state index contributed by atoms with van der Waals surface area (Å²) in [4.78, 5) is 4.66. The fraction of sp³-hybridized carbons (Fsp3) is 0.591. The largest absolute Gasteiger partial charge is 0.288 e. The molecule has 0 radical (unpaired) electrons. The summed E-state index contributed by atoms with van der Waals surface area (Å²) in [6.45, 7) is 9.71. The van der Waals surface area contributed by atoms with Crippen molar-refractivity contribution in [3.63, 3.8) is 0 Å². The Hall–Kier alpha value is -1.37. The van der Waals surface area contributed by atoms with Gasteiger partial charge in [0.15, 0.2) is 0 Å². The summed E-state index contributed by atoms with van der Waals surface area (Å²) in [7, 11) is 0. The molecule has 0 bridgehead atoms. The summed E-state index contributed by atoms with van der Waals surface area (Å²) in [5.41, 5.74) is 4.09. The van der Waals surface area contributed by atoms with Gasteiger partial charge in [-0.2, -0.15) is 0 Å². The zero-order chi connectivity index (χ0) is 16.9. The van der Waals surface area contributed by atoms with Gasteiger partial charge in [-0.1, -0.05) is 76.8 Å². The second-order valence-electron chi connectivity index (χ2n) is 6.49. The van der Waals surface area contributed by atoms with Gasteiger partial charge < -0.3 is 0 Å². The maximum absolute atomic E-state index is 4.66. The Morgan fingerprint density at radius 1 is 1.04 bits per heavy atom. The number of hydrogen-bond donors (Lipinski definition) is 0. The number of nitrogens with zero attached hydrogens (tertiary/aromatic N) is 1. The zero-order valence-electron chi connectivity index (χ0n) is 15.6. The third kappa shape index (κ3) is 8.16. The standard InChI is InChI=1S/C22H35N/c1-5-10-21(11-6-2)15-14-20(8-4)17-23-18-22-13-9-12-19(7-3)16-22/h8-9,12-13,16-17,21H,5-7,10-11,14-15,18H2,1-4H3/b20-8-,23-17-. The van der Waals surface area contributed by atoms with E-state index in [2.05, 4.69) is 69.2 Å². The smallest absolute Gasteiger partial charge is 0.0639 e. The van der Waals surface area contributed by atoms with Crippen LogP contribution in [0.2, 0.25) is 0 Å². The second kappa shape index (κ2) is 12.1. The Kier molecular flexibility index (Phi) is 10.4.